The SMILES string of the molecule is CCCC(C)NC(=O)c1cc(S(=O)(=O)Cl)cn1C(C)C. The van der Waals surface area contributed by atoms with Gasteiger partial charge in [0.25, 0.3) is 15.0 Å². The van der Waals surface area contributed by atoms with Crippen LogP contribution in [0.2, 0.25) is 0 Å². The van der Waals surface area contributed by atoms with Gasteiger partial charge in [0.2, 0.25) is 0 Å². The Morgan fingerprint density at radius 3 is 2.45 bits per heavy atom. The van der Waals surface area contributed by atoms with E-state index in [0.717, 1.165) is 12.8 Å². The maximum Gasteiger partial charge on any atom is 0.268 e. The molecule has 0 bridgehead atoms. The van der Waals surface area contributed by atoms with Crippen LogP contribution in [0.15, 0.2) is 17.2 Å². The summed E-state index contributed by atoms with van der Waals surface area (Å²) in [6.45, 7) is 7.70. The average Bonchev–Trinajstić information content (AvgIpc) is 2.73. The molecule has 0 spiro atoms. The van der Waals surface area contributed by atoms with Crippen LogP contribution in [0, 0.1) is 0 Å². The van der Waals surface area contributed by atoms with Crippen molar-refractivity contribution in [2.24, 2.45) is 0 Å². The van der Waals surface area contributed by atoms with E-state index in [-0.39, 0.29) is 22.9 Å². The van der Waals surface area contributed by atoms with Gasteiger partial charge in [0, 0.05) is 29.0 Å². The lowest BCUT2D eigenvalue weighted by Gasteiger charge is -2.16. The van der Waals surface area contributed by atoms with Gasteiger partial charge in [0.1, 0.15) is 10.6 Å². The van der Waals surface area contributed by atoms with Gasteiger partial charge in [-0.3, -0.25) is 4.79 Å². The molecule has 5 nitrogen and oxygen atoms in total. The van der Waals surface area contributed by atoms with Crippen molar-refractivity contribution in [1.82, 2.24) is 9.88 Å². The van der Waals surface area contributed by atoms with Crippen LogP contribution in [-0.4, -0.2) is 24.9 Å². The van der Waals surface area contributed by atoms with E-state index in [2.05, 4.69) is 5.32 Å². The highest BCUT2D eigenvalue weighted by Crippen LogP contribution is 2.22. The summed E-state index contributed by atoms with van der Waals surface area (Å²) in [6.07, 6.45) is 3.23. The fourth-order valence-electron chi connectivity index (χ4n) is 2.00. The molecule has 0 saturated carbocycles. The zero-order valence-electron chi connectivity index (χ0n) is 12.2. The van der Waals surface area contributed by atoms with Crippen LogP contribution in [0.1, 0.15) is 57.1 Å². The Kier molecular flexibility index (Phi) is 5.65. The second-order valence-electron chi connectivity index (χ2n) is 5.16. The van der Waals surface area contributed by atoms with Crippen molar-refractivity contribution < 1.29 is 13.2 Å². The summed E-state index contributed by atoms with van der Waals surface area (Å²) in [4.78, 5) is 12.2. The third-order valence-corrected chi connectivity index (χ3v) is 4.31. The van der Waals surface area contributed by atoms with Crippen molar-refractivity contribution >= 4 is 25.6 Å². The van der Waals surface area contributed by atoms with Gasteiger partial charge in [-0.2, -0.15) is 0 Å². The summed E-state index contributed by atoms with van der Waals surface area (Å²) < 4.78 is 24.4. The Morgan fingerprint density at radius 1 is 1.40 bits per heavy atom. The number of amides is 1. The summed E-state index contributed by atoms with van der Waals surface area (Å²) in [5.41, 5.74) is 0.308. The smallest absolute Gasteiger partial charge is 0.268 e. The van der Waals surface area contributed by atoms with Gasteiger partial charge in [-0.25, -0.2) is 8.42 Å². The van der Waals surface area contributed by atoms with Crippen LogP contribution >= 0.6 is 10.7 Å². The zero-order valence-corrected chi connectivity index (χ0v) is 13.8. The van der Waals surface area contributed by atoms with Gasteiger partial charge in [-0.1, -0.05) is 13.3 Å². The second kappa shape index (κ2) is 6.63. The Hall–Kier alpha value is -1.01. The molecule has 1 heterocycles. The van der Waals surface area contributed by atoms with E-state index in [4.69, 9.17) is 10.7 Å². The Morgan fingerprint density at radius 2 is 2.00 bits per heavy atom. The molecule has 0 aliphatic heterocycles. The van der Waals surface area contributed by atoms with E-state index in [1.165, 1.54) is 12.3 Å². The number of nitrogens with zero attached hydrogens (tertiary/aromatic N) is 1. The molecule has 0 saturated heterocycles. The summed E-state index contributed by atoms with van der Waals surface area (Å²) in [7, 11) is 1.50. The first-order valence-corrected chi connectivity index (χ1v) is 8.95. The first-order chi connectivity index (χ1) is 9.16. The minimum atomic E-state index is -3.84. The number of halogens is 1. The number of carbonyl (C=O) groups is 1. The number of hydrogen-bond acceptors (Lipinski definition) is 3. The largest absolute Gasteiger partial charge is 0.348 e. The van der Waals surface area contributed by atoms with Gasteiger partial charge in [0.05, 0.1) is 0 Å². The molecule has 114 valence electrons. The maximum absolute atomic E-state index is 12.2. The minimum Gasteiger partial charge on any atom is -0.348 e. The van der Waals surface area contributed by atoms with Crippen molar-refractivity contribution in [2.75, 3.05) is 0 Å². The summed E-state index contributed by atoms with van der Waals surface area (Å²) >= 11 is 0. The molecule has 1 aromatic heterocycles. The predicted octanol–water partition coefficient (Wildman–Crippen LogP) is 2.91. The lowest BCUT2D eigenvalue weighted by molar-refractivity contribution is 0.0927. The third kappa shape index (κ3) is 4.24. The van der Waals surface area contributed by atoms with E-state index in [1.54, 1.807) is 4.57 Å². The van der Waals surface area contributed by atoms with Crippen molar-refractivity contribution in [2.45, 2.75) is 57.5 Å². The number of aromatic nitrogens is 1. The minimum absolute atomic E-state index is 0.0376. The lowest BCUT2D eigenvalue weighted by Crippen LogP contribution is -2.33. The molecule has 0 aromatic carbocycles. The van der Waals surface area contributed by atoms with E-state index >= 15 is 0 Å². The topological polar surface area (TPSA) is 68.2 Å². The molecular formula is C13H21ClN2O3S. The van der Waals surface area contributed by atoms with E-state index in [9.17, 15) is 13.2 Å². The molecule has 1 aromatic rings. The molecule has 1 atom stereocenters. The van der Waals surface area contributed by atoms with Gasteiger partial charge < -0.3 is 9.88 Å². The van der Waals surface area contributed by atoms with Gasteiger partial charge in [0.15, 0.2) is 0 Å². The number of hydrogen-bond donors (Lipinski definition) is 1. The number of nitrogens with one attached hydrogen (secondary N) is 1. The van der Waals surface area contributed by atoms with Crippen LogP contribution in [0.3, 0.4) is 0 Å². The molecular weight excluding hydrogens is 300 g/mol. The average molecular weight is 321 g/mol. The molecule has 20 heavy (non-hydrogen) atoms. The van der Waals surface area contributed by atoms with Crippen molar-refractivity contribution in [1.29, 1.82) is 0 Å². The molecule has 0 aliphatic rings. The normalized spacial score (nSPS) is 13.5. The quantitative estimate of drug-likeness (QED) is 0.819. The van der Waals surface area contributed by atoms with Crippen LogP contribution < -0.4 is 5.32 Å². The highest BCUT2D eigenvalue weighted by Gasteiger charge is 2.21. The lowest BCUT2D eigenvalue weighted by atomic mass is 10.2. The molecule has 1 N–H and O–H groups in total. The highest BCUT2D eigenvalue weighted by atomic mass is 35.7. The van der Waals surface area contributed by atoms with Crippen molar-refractivity contribution in [3.05, 3.63) is 18.0 Å². The molecule has 0 aliphatic carbocycles. The first-order valence-electron chi connectivity index (χ1n) is 6.64. The fraction of sp³-hybridized carbons (Fsp3) is 0.615. The van der Waals surface area contributed by atoms with E-state index in [0.29, 0.717) is 5.69 Å². The summed E-state index contributed by atoms with van der Waals surface area (Å²) in [5, 5.41) is 2.86. The molecule has 1 rings (SSSR count). The third-order valence-electron chi connectivity index (χ3n) is 2.99. The molecule has 1 amide bonds. The molecule has 0 radical (unpaired) electrons. The van der Waals surface area contributed by atoms with Crippen LogP contribution in [0.25, 0.3) is 0 Å². The monoisotopic (exact) mass is 320 g/mol. The Labute approximate surface area is 124 Å². The van der Waals surface area contributed by atoms with Crippen LogP contribution in [-0.2, 0) is 9.05 Å². The van der Waals surface area contributed by atoms with E-state index in [1.807, 2.05) is 27.7 Å². The van der Waals surface area contributed by atoms with Gasteiger partial charge in [-0.05, 0) is 33.3 Å². The molecule has 0 fully saturated rings. The van der Waals surface area contributed by atoms with E-state index < -0.39 is 9.05 Å². The second-order valence-corrected chi connectivity index (χ2v) is 7.73. The predicted molar refractivity (Wildman–Crippen MR) is 79.7 cm³/mol. The summed E-state index contributed by atoms with van der Waals surface area (Å²) in [5.74, 6) is -0.286. The van der Waals surface area contributed by atoms with Gasteiger partial charge >= 0.3 is 0 Å². The van der Waals surface area contributed by atoms with Crippen molar-refractivity contribution in [3.63, 3.8) is 0 Å². The van der Waals surface area contributed by atoms with Gasteiger partial charge in [-0.15, -0.1) is 0 Å². The van der Waals surface area contributed by atoms with Crippen molar-refractivity contribution in [3.8, 4) is 0 Å². The van der Waals surface area contributed by atoms with Crippen LogP contribution in [0.4, 0.5) is 0 Å². The highest BCUT2D eigenvalue weighted by molar-refractivity contribution is 8.13. The van der Waals surface area contributed by atoms with Crippen LogP contribution in [0.5, 0.6) is 0 Å². The first kappa shape index (κ1) is 17.0. The molecule has 1 unspecified atom stereocenters. The standard InChI is InChI=1S/C13H21ClN2O3S/c1-5-6-10(4)15-13(17)12-7-11(20(14,18)19)8-16(12)9(2)3/h7-10H,5-6H2,1-4H3,(H,15,17). The maximum atomic E-state index is 12.2. The zero-order chi connectivity index (χ0) is 15.5. The number of rotatable bonds is 6. The Bertz CT molecular complexity index is 578. The summed E-state index contributed by atoms with van der Waals surface area (Å²) in [6, 6.07) is 1.32. The molecule has 7 heteroatoms. The Balaban J connectivity index is 3.10. The number of carbonyl (C=O) groups excluding carboxylic acids is 1. The fourth-order valence-corrected chi connectivity index (χ4v) is 2.74.